The molecule has 0 saturated heterocycles. The van der Waals surface area contributed by atoms with E-state index in [4.69, 9.17) is 23.2 Å². The van der Waals surface area contributed by atoms with Crippen molar-refractivity contribution in [3.63, 3.8) is 0 Å². The Bertz CT molecular complexity index is 1150. The van der Waals surface area contributed by atoms with Crippen molar-refractivity contribution in [2.24, 2.45) is 0 Å². The Morgan fingerprint density at radius 3 is 2.30 bits per heavy atom. The van der Waals surface area contributed by atoms with E-state index in [1.807, 2.05) is 0 Å². The van der Waals surface area contributed by atoms with Gasteiger partial charge in [-0.05, 0) is 43.7 Å². The van der Waals surface area contributed by atoms with E-state index in [2.05, 4.69) is 5.32 Å². The SMILES string of the molecule is CCNC(=O)[C@H](C)N(Cc1ccc(Cl)cc1Cl)C(=O)CN(c1ccc(F)c(F)c1)S(C)(=O)=O. The lowest BCUT2D eigenvalue weighted by atomic mass is 10.1. The number of nitrogens with one attached hydrogen (secondary N) is 1. The maximum absolute atomic E-state index is 13.7. The van der Waals surface area contributed by atoms with Gasteiger partial charge in [0.2, 0.25) is 21.8 Å². The van der Waals surface area contributed by atoms with Crippen molar-refractivity contribution < 1.29 is 26.8 Å². The molecule has 2 aromatic rings. The fourth-order valence-electron chi connectivity index (χ4n) is 2.99. The van der Waals surface area contributed by atoms with E-state index in [0.717, 1.165) is 23.3 Å². The number of benzene rings is 2. The van der Waals surface area contributed by atoms with Crippen molar-refractivity contribution in [2.45, 2.75) is 26.4 Å². The quantitative estimate of drug-likeness (QED) is 0.546. The first-order chi connectivity index (χ1) is 15.3. The van der Waals surface area contributed by atoms with Crippen molar-refractivity contribution in [2.75, 3.05) is 23.7 Å². The van der Waals surface area contributed by atoms with Gasteiger partial charge in [0.05, 0.1) is 11.9 Å². The molecule has 0 radical (unpaired) electrons. The fraction of sp³-hybridized carbons (Fsp3) is 0.333. The molecule has 12 heteroatoms. The Morgan fingerprint density at radius 2 is 1.76 bits per heavy atom. The molecule has 0 fully saturated rings. The smallest absolute Gasteiger partial charge is 0.244 e. The maximum atomic E-state index is 13.7. The van der Waals surface area contributed by atoms with Crippen LogP contribution in [0.15, 0.2) is 36.4 Å². The normalized spacial score (nSPS) is 12.2. The van der Waals surface area contributed by atoms with Crippen molar-refractivity contribution in [1.82, 2.24) is 10.2 Å². The molecule has 180 valence electrons. The number of nitrogens with zero attached hydrogens (tertiary/aromatic N) is 2. The first kappa shape index (κ1) is 26.8. The van der Waals surface area contributed by atoms with Crippen LogP contribution in [0.2, 0.25) is 10.0 Å². The highest BCUT2D eigenvalue weighted by molar-refractivity contribution is 7.92. The molecule has 0 saturated carbocycles. The molecule has 0 bridgehead atoms. The number of hydrogen-bond acceptors (Lipinski definition) is 4. The third kappa shape index (κ3) is 7.02. The molecule has 1 atom stereocenters. The van der Waals surface area contributed by atoms with Gasteiger partial charge in [0.15, 0.2) is 11.6 Å². The monoisotopic (exact) mass is 521 g/mol. The molecule has 0 spiro atoms. The van der Waals surface area contributed by atoms with E-state index in [9.17, 15) is 26.8 Å². The minimum Gasteiger partial charge on any atom is -0.355 e. The Balaban J connectivity index is 2.43. The van der Waals surface area contributed by atoms with Crippen molar-refractivity contribution in [3.8, 4) is 0 Å². The number of likely N-dealkylation sites (N-methyl/N-ethyl adjacent to an activating group) is 1. The molecular weight excluding hydrogens is 499 g/mol. The minimum absolute atomic E-state index is 0.123. The molecule has 0 unspecified atom stereocenters. The van der Waals surface area contributed by atoms with Crippen molar-refractivity contribution >= 4 is 50.7 Å². The van der Waals surface area contributed by atoms with Gasteiger partial charge in [0, 0.05) is 29.2 Å². The van der Waals surface area contributed by atoms with Gasteiger partial charge in [-0.2, -0.15) is 0 Å². The highest BCUT2D eigenvalue weighted by Gasteiger charge is 2.30. The number of carbonyl (C=O) groups is 2. The summed E-state index contributed by atoms with van der Waals surface area (Å²) in [5, 5.41) is 3.24. The van der Waals surface area contributed by atoms with Gasteiger partial charge < -0.3 is 10.2 Å². The van der Waals surface area contributed by atoms with E-state index < -0.39 is 46.1 Å². The number of hydrogen-bond donors (Lipinski definition) is 1. The Labute approximate surface area is 201 Å². The number of halogens is 4. The summed E-state index contributed by atoms with van der Waals surface area (Å²) in [5.74, 6) is -3.65. The van der Waals surface area contributed by atoms with Crippen LogP contribution < -0.4 is 9.62 Å². The van der Waals surface area contributed by atoms with Crippen LogP contribution in [-0.2, 0) is 26.2 Å². The van der Waals surface area contributed by atoms with E-state index in [1.165, 1.54) is 13.0 Å². The summed E-state index contributed by atoms with van der Waals surface area (Å²) in [7, 11) is -4.07. The zero-order valence-electron chi connectivity index (χ0n) is 18.1. The molecule has 0 aliphatic carbocycles. The van der Waals surface area contributed by atoms with Gasteiger partial charge in [-0.25, -0.2) is 17.2 Å². The molecule has 33 heavy (non-hydrogen) atoms. The van der Waals surface area contributed by atoms with Gasteiger partial charge in [-0.1, -0.05) is 29.3 Å². The van der Waals surface area contributed by atoms with Crippen LogP contribution in [-0.4, -0.2) is 50.5 Å². The number of rotatable bonds is 9. The maximum Gasteiger partial charge on any atom is 0.244 e. The van der Waals surface area contributed by atoms with Crippen LogP contribution >= 0.6 is 23.2 Å². The van der Waals surface area contributed by atoms with Crippen LogP contribution in [0.1, 0.15) is 19.4 Å². The second-order valence-electron chi connectivity index (χ2n) is 7.20. The highest BCUT2D eigenvalue weighted by Crippen LogP contribution is 2.25. The first-order valence-corrected chi connectivity index (χ1v) is 12.4. The topological polar surface area (TPSA) is 86.8 Å². The molecule has 0 aliphatic rings. The summed E-state index contributed by atoms with van der Waals surface area (Å²) < 4.78 is 52.4. The lowest BCUT2D eigenvalue weighted by molar-refractivity contribution is -0.139. The largest absolute Gasteiger partial charge is 0.355 e. The lowest BCUT2D eigenvalue weighted by Crippen LogP contribution is -2.51. The van der Waals surface area contributed by atoms with Crippen LogP contribution in [0.5, 0.6) is 0 Å². The zero-order valence-corrected chi connectivity index (χ0v) is 20.4. The number of sulfonamides is 1. The Hall–Kier alpha value is -2.43. The molecule has 2 aromatic carbocycles. The summed E-state index contributed by atoms with van der Waals surface area (Å²) in [6.07, 6.45) is 0.829. The van der Waals surface area contributed by atoms with Crippen molar-refractivity contribution in [3.05, 3.63) is 63.6 Å². The third-order valence-electron chi connectivity index (χ3n) is 4.74. The third-order valence-corrected chi connectivity index (χ3v) is 6.47. The predicted molar refractivity (Wildman–Crippen MR) is 124 cm³/mol. The number of anilines is 1. The molecule has 0 heterocycles. The van der Waals surface area contributed by atoms with Crippen LogP contribution in [0.3, 0.4) is 0 Å². The van der Waals surface area contributed by atoms with Gasteiger partial charge in [0.1, 0.15) is 12.6 Å². The van der Waals surface area contributed by atoms with Crippen LogP contribution in [0.4, 0.5) is 14.5 Å². The fourth-order valence-corrected chi connectivity index (χ4v) is 4.30. The zero-order chi connectivity index (χ0) is 24.9. The Kier molecular flexibility index (Phi) is 9.04. The minimum atomic E-state index is -4.07. The Morgan fingerprint density at radius 1 is 1.09 bits per heavy atom. The van der Waals surface area contributed by atoms with Crippen LogP contribution in [0.25, 0.3) is 0 Å². The predicted octanol–water partition coefficient (Wildman–Crippen LogP) is 3.59. The highest BCUT2D eigenvalue weighted by atomic mass is 35.5. The van der Waals surface area contributed by atoms with E-state index in [0.29, 0.717) is 27.5 Å². The van der Waals surface area contributed by atoms with Gasteiger partial charge in [0.25, 0.3) is 0 Å². The molecule has 0 aromatic heterocycles. The van der Waals surface area contributed by atoms with Gasteiger partial charge in [-0.3, -0.25) is 13.9 Å². The van der Waals surface area contributed by atoms with E-state index in [-0.39, 0.29) is 17.3 Å². The summed E-state index contributed by atoms with van der Waals surface area (Å²) in [5.41, 5.74) is 0.240. The van der Waals surface area contributed by atoms with Crippen LogP contribution in [0, 0.1) is 11.6 Å². The van der Waals surface area contributed by atoms with Crippen molar-refractivity contribution in [1.29, 1.82) is 0 Å². The molecule has 2 rings (SSSR count). The van der Waals surface area contributed by atoms with Gasteiger partial charge >= 0.3 is 0 Å². The summed E-state index contributed by atoms with van der Waals surface area (Å²) >= 11 is 12.1. The summed E-state index contributed by atoms with van der Waals surface area (Å²) in [4.78, 5) is 26.9. The lowest BCUT2D eigenvalue weighted by Gasteiger charge is -2.31. The average Bonchev–Trinajstić information content (AvgIpc) is 2.72. The van der Waals surface area contributed by atoms with E-state index >= 15 is 0 Å². The summed E-state index contributed by atoms with van der Waals surface area (Å²) in [6, 6.07) is 6.11. The molecular formula is C21H23Cl2F2N3O4S. The second kappa shape index (κ2) is 11.1. The number of amides is 2. The molecule has 0 aliphatic heterocycles. The molecule has 2 amide bonds. The standard InChI is InChI=1S/C21H23Cl2F2N3O4S/c1-4-26-21(30)13(2)27(11-14-5-6-15(22)9-17(14)23)20(29)12-28(33(3,31)32)16-7-8-18(24)19(25)10-16/h5-10,13H,4,11-12H2,1-3H3,(H,26,30)/t13-/m0/s1. The number of carbonyl (C=O) groups excluding carboxylic acids is 2. The second-order valence-corrected chi connectivity index (χ2v) is 9.95. The molecule has 7 nitrogen and oxygen atoms in total. The molecule has 1 N–H and O–H groups in total. The first-order valence-electron chi connectivity index (χ1n) is 9.79. The summed E-state index contributed by atoms with van der Waals surface area (Å²) in [6.45, 7) is 2.63. The van der Waals surface area contributed by atoms with E-state index in [1.54, 1.807) is 19.1 Å². The average molecular weight is 522 g/mol. The van der Waals surface area contributed by atoms with Gasteiger partial charge in [-0.15, -0.1) is 0 Å².